The van der Waals surface area contributed by atoms with Crippen LogP contribution in [0.5, 0.6) is 0 Å². The number of hydrogen-bond acceptors (Lipinski definition) is 2. The monoisotopic (exact) mass is 243 g/mol. The van der Waals surface area contributed by atoms with Crippen LogP contribution in [-0.4, -0.2) is 9.38 Å². The lowest BCUT2D eigenvalue weighted by molar-refractivity contribution is -0.137. The molecule has 2 heterocycles. The molecule has 0 atom stereocenters. The van der Waals surface area contributed by atoms with E-state index in [0.29, 0.717) is 11.3 Å². The number of hydrogen-bond donors (Lipinski definition) is 1. The first-order valence-electron chi connectivity index (χ1n) is 5.03. The summed E-state index contributed by atoms with van der Waals surface area (Å²) >= 11 is 0. The number of fused-ring (bicyclic) bond motifs is 1. The molecule has 2 rings (SSSR count). The van der Waals surface area contributed by atoms with E-state index in [9.17, 15) is 13.2 Å². The third-order valence-corrected chi connectivity index (χ3v) is 2.44. The predicted octanol–water partition coefficient (Wildman–Crippen LogP) is 2.55. The first kappa shape index (κ1) is 11.9. The number of halogens is 3. The average Bonchev–Trinajstić information content (AvgIpc) is 2.57. The van der Waals surface area contributed by atoms with Gasteiger partial charge in [0.05, 0.1) is 22.8 Å². The van der Waals surface area contributed by atoms with Crippen molar-refractivity contribution in [3.8, 4) is 0 Å². The summed E-state index contributed by atoms with van der Waals surface area (Å²) in [6.07, 6.45) is -1.61. The highest BCUT2D eigenvalue weighted by Gasteiger charge is 2.31. The van der Waals surface area contributed by atoms with E-state index in [1.54, 1.807) is 18.2 Å². The normalized spacial score (nSPS) is 13.3. The van der Waals surface area contributed by atoms with Crippen LogP contribution in [-0.2, 0) is 11.7 Å². The molecular weight excluding hydrogens is 231 g/mol. The van der Waals surface area contributed by atoms with Crippen LogP contribution in [0.1, 0.15) is 25.2 Å². The van der Waals surface area contributed by atoms with E-state index < -0.39 is 17.3 Å². The van der Waals surface area contributed by atoms with Crippen LogP contribution >= 0.6 is 0 Å². The lowest BCUT2D eigenvalue weighted by atomic mass is 10.1. The van der Waals surface area contributed by atoms with E-state index >= 15 is 0 Å². The molecule has 17 heavy (non-hydrogen) atoms. The minimum Gasteiger partial charge on any atom is -0.319 e. The van der Waals surface area contributed by atoms with Crippen molar-refractivity contribution in [2.75, 3.05) is 0 Å². The fraction of sp³-hybridized carbons (Fsp3) is 0.364. The Morgan fingerprint density at radius 2 is 1.94 bits per heavy atom. The second-order valence-electron chi connectivity index (χ2n) is 4.51. The number of nitrogens with zero attached hydrogens (tertiary/aromatic N) is 2. The van der Waals surface area contributed by atoms with Crippen LogP contribution < -0.4 is 5.73 Å². The summed E-state index contributed by atoms with van der Waals surface area (Å²) in [5.41, 5.74) is 4.88. The van der Waals surface area contributed by atoms with Crippen LogP contribution in [0.4, 0.5) is 13.2 Å². The van der Waals surface area contributed by atoms with Crippen LogP contribution in [0.3, 0.4) is 0 Å². The Hall–Kier alpha value is -1.56. The molecule has 2 N–H and O–H groups in total. The molecule has 0 aromatic carbocycles. The van der Waals surface area contributed by atoms with Gasteiger partial charge in [0.2, 0.25) is 0 Å². The molecule has 0 saturated carbocycles. The Labute approximate surface area is 96.1 Å². The first-order valence-corrected chi connectivity index (χ1v) is 5.03. The van der Waals surface area contributed by atoms with Gasteiger partial charge in [0.25, 0.3) is 0 Å². The molecule has 0 amide bonds. The molecule has 0 unspecified atom stereocenters. The van der Waals surface area contributed by atoms with E-state index in [0.717, 1.165) is 12.1 Å². The topological polar surface area (TPSA) is 43.3 Å². The molecule has 0 spiro atoms. The van der Waals surface area contributed by atoms with Crippen LogP contribution in [0, 0.1) is 0 Å². The first-order chi connectivity index (χ1) is 7.69. The predicted molar refractivity (Wildman–Crippen MR) is 57.4 cm³/mol. The van der Waals surface area contributed by atoms with Crippen LogP contribution in [0.2, 0.25) is 0 Å². The molecule has 3 nitrogen and oxygen atoms in total. The van der Waals surface area contributed by atoms with Crippen molar-refractivity contribution in [1.82, 2.24) is 9.38 Å². The van der Waals surface area contributed by atoms with Gasteiger partial charge in [-0.3, -0.25) is 0 Å². The quantitative estimate of drug-likeness (QED) is 0.836. The molecule has 92 valence electrons. The van der Waals surface area contributed by atoms with Gasteiger partial charge in [-0.05, 0) is 26.0 Å². The molecule has 0 fully saturated rings. The molecule has 0 aliphatic heterocycles. The van der Waals surface area contributed by atoms with Crippen molar-refractivity contribution in [1.29, 1.82) is 0 Å². The summed E-state index contributed by atoms with van der Waals surface area (Å²) in [6.45, 7) is 3.50. The number of aromatic nitrogens is 2. The van der Waals surface area contributed by atoms with Crippen molar-refractivity contribution in [3.05, 3.63) is 35.9 Å². The summed E-state index contributed by atoms with van der Waals surface area (Å²) < 4.78 is 39.1. The van der Waals surface area contributed by atoms with Crippen LogP contribution in [0.25, 0.3) is 5.52 Å². The van der Waals surface area contributed by atoms with Gasteiger partial charge in [0.15, 0.2) is 0 Å². The van der Waals surface area contributed by atoms with E-state index in [1.807, 2.05) is 0 Å². The van der Waals surface area contributed by atoms with Crippen molar-refractivity contribution in [2.24, 2.45) is 5.73 Å². The van der Waals surface area contributed by atoms with Crippen LogP contribution in [0.15, 0.2) is 24.5 Å². The number of nitrogens with two attached hydrogens (primary N) is 1. The minimum absolute atomic E-state index is 0.383. The number of rotatable bonds is 1. The highest BCUT2D eigenvalue weighted by atomic mass is 19.4. The maximum absolute atomic E-state index is 12.5. The second kappa shape index (κ2) is 3.46. The molecule has 2 aromatic heterocycles. The Balaban J connectivity index is 2.61. The van der Waals surface area contributed by atoms with E-state index in [2.05, 4.69) is 4.98 Å². The van der Waals surface area contributed by atoms with Crippen molar-refractivity contribution in [3.63, 3.8) is 0 Å². The number of imidazole rings is 1. The van der Waals surface area contributed by atoms with E-state index in [-0.39, 0.29) is 0 Å². The summed E-state index contributed by atoms with van der Waals surface area (Å²) in [7, 11) is 0. The van der Waals surface area contributed by atoms with E-state index in [1.165, 1.54) is 12.4 Å². The zero-order valence-corrected chi connectivity index (χ0v) is 9.42. The fourth-order valence-electron chi connectivity index (χ4n) is 1.65. The molecule has 0 bridgehead atoms. The zero-order chi connectivity index (χ0) is 12.8. The zero-order valence-electron chi connectivity index (χ0n) is 9.42. The van der Waals surface area contributed by atoms with Gasteiger partial charge in [-0.2, -0.15) is 13.2 Å². The smallest absolute Gasteiger partial charge is 0.319 e. The summed E-state index contributed by atoms with van der Waals surface area (Å²) in [6, 6.07) is 2.08. The van der Waals surface area contributed by atoms with Gasteiger partial charge in [-0.1, -0.05) is 0 Å². The highest BCUT2D eigenvalue weighted by Crippen LogP contribution is 2.30. The molecule has 0 aliphatic carbocycles. The summed E-state index contributed by atoms with van der Waals surface area (Å²) in [4.78, 5) is 4.06. The lowest BCUT2D eigenvalue weighted by Crippen LogP contribution is -2.31. The lowest BCUT2D eigenvalue weighted by Gasteiger charge is -2.17. The number of alkyl halides is 3. The molecule has 0 radical (unpaired) electrons. The number of pyridine rings is 1. The minimum atomic E-state index is -4.34. The molecule has 6 heteroatoms. The third-order valence-electron chi connectivity index (χ3n) is 2.44. The third kappa shape index (κ3) is 2.12. The van der Waals surface area contributed by atoms with Crippen molar-refractivity contribution < 1.29 is 13.2 Å². The SMILES string of the molecule is CC(C)(N)c1ncc2cc(C(F)(F)F)ccn12. The molecule has 2 aromatic rings. The van der Waals surface area contributed by atoms with Gasteiger partial charge in [0, 0.05) is 6.20 Å². The Bertz CT molecular complexity index is 549. The molecular formula is C11H12F3N3. The van der Waals surface area contributed by atoms with Gasteiger partial charge in [-0.15, -0.1) is 0 Å². The van der Waals surface area contributed by atoms with E-state index in [4.69, 9.17) is 5.73 Å². The van der Waals surface area contributed by atoms with Crippen molar-refractivity contribution >= 4 is 5.52 Å². The summed E-state index contributed by atoms with van der Waals surface area (Å²) in [5, 5.41) is 0. The Kier molecular flexibility index (Phi) is 2.43. The molecule has 0 aliphatic rings. The maximum atomic E-state index is 12.5. The maximum Gasteiger partial charge on any atom is 0.416 e. The fourth-order valence-corrected chi connectivity index (χ4v) is 1.65. The Morgan fingerprint density at radius 1 is 1.29 bits per heavy atom. The van der Waals surface area contributed by atoms with Crippen molar-refractivity contribution in [2.45, 2.75) is 25.6 Å². The largest absolute Gasteiger partial charge is 0.416 e. The Morgan fingerprint density at radius 3 is 2.47 bits per heavy atom. The van der Waals surface area contributed by atoms with Gasteiger partial charge in [0.1, 0.15) is 5.82 Å². The average molecular weight is 243 g/mol. The molecule has 0 saturated heterocycles. The highest BCUT2D eigenvalue weighted by molar-refractivity contribution is 5.49. The van der Waals surface area contributed by atoms with Gasteiger partial charge < -0.3 is 10.1 Å². The van der Waals surface area contributed by atoms with Gasteiger partial charge >= 0.3 is 6.18 Å². The standard InChI is InChI=1S/C11H12F3N3/c1-10(2,15)9-16-6-8-5-7(11(12,13)14)3-4-17(8)9/h3-6H,15H2,1-2H3. The second-order valence-corrected chi connectivity index (χ2v) is 4.51. The summed E-state index contributed by atoms with van der Waals surface area (Å²) in [5.74, 6) is 0.529. The van der Waals surface area contributed by atoms with Gasteiger partial charge in [-0.25, -0.2) is 4.98 Å².